The van der Waals surface area contributed by atoms with Gasteiger partial charge in [0.2, 0.25) is 0 Å². The van der Waals surface area contributed by atoms with Gasteiger partial charge in [0.05, 0.1) is 12.7 Å². The van der Waals surface area contributed by atoms with Crippen LogP contribution in [0.5, 0.6) is 0 Å². The van der Waals surface area contributed by atoms with Crippen LogP contribution >= 0.6 is 0 Å². The van der Waals surface area contributed by atoms with E-state index in [2.05, 4.69) is 14.5 Å². The third kappa shape index (κ3) is 2.88. The van der Waals surface area contributed by atoms with Gasteiger partial charge in [-0.1, -0.05) is 0 Å². The molecule has 5 heteroatoms. The first-order chi connectivity index (χ1) is 10.2. The highest BCUT2D eigenvalue weighted by atomic mass is 19.1. The van der Waals surface area contributed by atoms with Crippen molar-refractivity contribution in [3.8, 4) is 0 Å². The van der Waals surface area contributed by atoms with E-state index >= 15 is 0 Å². The van der Waals surface area contributed by atoms with Crippen LogP contribution in [-0.4, -0.2) is 50.2 Å². The summed E-state index contributed by atoms with van der Waals surface area (Å²) >= 11 is 0. The van der Waals surface area contributed by atoms with Crippen molar-refractivity contribution >= 4 is 11.7 Å². The van der Waals surface area contributed by atoms with Crippen molar-refractivity contribution in [2.45, 2.75) is 25.3 Å². The van der Waals surface area contributed by atoms with Crippen molar-refractivity contribution in [3.05, 3.63) is 29.6 Å². The highest BCUT2D eigenvalue weighted by Crippen LogP contribution is 2.26. The number of likely N-dealkylation sites (tertiary alicyclic amines) is 1. The first kappa shape index (κ1) is 14.3. The quantitative estimate of drug-likeness (QED) is 0.800. The number of hydrogen-bond donors (Lipinski definition) is 0. The standard InChI is InChI=1S/C16H21FN2O2/c1-21-16(20)14-5-4-12(10-15(14)17)19-9-6-13(11-19)18-7-2-3-8-18/h4-5,10,13H,2-3,6-9,11H2,1H3/t13-/m1/s1. The largest absolute Gasteiger partial charge is 0.465 e. The summed E-state index contributed by atoms with van der Waals surface area (Å²) in [6.45, 7) is 4.26. The smallest absolute Gasteiger partial charge is 0.340 e. The first-order valence-corrected chi connectivity index (χ1v) is 7.56. The maximum atomic E-state index is 14.0. The number of rotatable bonds is 3. The Balaban J connectivity index is 1.70. The molecule has 1 aromatic rings. The minimum Gasteiger partial charge on any atom is -0.465 e. The van der Waals surface area contributed by atoms with Gasteiger partial charge in [0, 0.05) is 24.8 Å². The summed E-state index contributed by atoms with van der Waals surface area (Å²) in [5, 5.41) is 0. The van der Waals surface area contributed by atoms with Gasteiger partial charge in [-0.2, -0.15) is 0 Å². The molecule has 2 fully saturated rings. The molecule has 0 aromatic heterocycles. The van der Waals surface area contributed by atoms with Crippen molar-refractivity contribution in [3.63, 3.8) is 0 Å². The molecule has 114 valence electrons. The van der Waals surface area contributed by atoms with Gasteiger partial charge in [0.1, 0.15) is 5.82 Å². The second-order valence-corrected chi connectivity index (χ2v) is 5.79. The fourth-order valence-corrected chi connectivity index (χ4v) is 3.36. The Morgan fingerprint density at radius 2 is 2.05 bits per heavy atom. The number of ether oxygens (including phenoxy) is 1. The SMILES string of the molecule is COC(=O)c1ccc(N2CC[C@@H](N3CCCC3)C2)cc1F. The van der Waals surface area contributed by atoms with Crippen LogP contribution in [0.25, 0.3) is 0 Å². The number of carbonyl (C=O) groups is 1. The van der Waals surface area contributed by atoms with E-state index in [0.717, 1.165) is 25.2 Å². The van der Waals surface area contributed by atoms with Gasteiger partial charge in [-0.3, -0.25) is 4.90 Å². The molecule has 0 radical (unpaired) electrons. The zero-order chi connectivity index (χ0) is 14.8. The van der Waals surface area contributed by atoms with Crippen molar-refractivity contribution in [1.82, 2.24) is 4.90 Å². The topological polar surface area (TPSA) is 32.8 Å². The molecule has 0 saturated carbocycles. The monoisotopic (exact) mass is 292 g/mol. The van der Waals surface area contributed by atoms with Crippen molar-refractivity contribution in [2.75, 3.05) is 38.2 Å². The number of carbonyl (C=O) groups excluding carboxylic acids is 1. The Labute approximate surface area is 124 Å². The van der Waals surface area contributed by atoms with Crippen LogP contribution in [0.4, 0.5) is 10.1 Å². The lowest BCUT2D eigenvalue weighted by Gasteiger charge is -2.24. The Morgan fingerprint density at radius 1 is 1.29 bits per heavy atom. The zero-order valence-corrected chi connectivity index (χ0v) is 12.3. The Morgan fingerprint density at radius 3 is 2.71 bits per heavy atom. The summed E-state index contributed by atoms with van der Waals surface area (Å²) < 4.78 is 18.6. The lowest BCUT2D eigenvalue weighted by molar-refractivity contribution is 0.0595. The lowest BCUT2D eigenvalue weighted by Crippen LogP contribution is -2.35. The minimum absolute atomic E-state index is 0.00320. The summed E-state index contributed by atoms with van der Waals surface area (Å²) in [6, 6.07) is 5.34. The Hall–Kier alpha value is -1.62. The molecule has 2 saturated heterocycles. The van der Waals surface area contributed by atoms with E-state index < -0.39 is 11.8 Å². The van der Waals surface area contributed by atoms with Crippen LogP contribution in [0, 0.1) is 5.82 Å². The van der Waals surface area contributed by atoms with Gasteiger partial charge >= 0.3 is 5.97 Å². The number of anilines is 1. The van der Waals surface area contributed by atoms with E-state index in [-0.39, 0.29) is 5.56 Å². The fourth-order valence-electron chi connectivity index (χ4n) is 3.36. The molecule has 2 heterocycles. The second-order valence-electron chi connectivity index (χ2n) is 5.79. The van der Waals surface area contributed by atoms with Gasteiger partial charge < -0.3 is 9.64 Å². The van der Waals surface area contributed by atoms with Crippen molar-refractivity contribution < 1.29 is 13.9 Å². The molecule has 0 bridgehead atoms. The van der Waals surface area contributed by atoms with Crippen LogP contribution in [0.15, 0.2) is 18.2 Å². The maximum absolute atomic E-state index is 14.0. The highest BCUT2D eigenvalue weighted by molar-refractivity contribution is 5.90. The van der Waals surface area contributed by atoms with E-state index in [1.807, 2.05) is 6.07 Å². The average Bonchev–Trinajstić information content (AvgIpc) is 3.17. The molecule has 0 N–H and O–H groups in total. The van der Waals surface area contributed by atoms with E-state index in [4.69, 9.17) is 0 Å². The van der Waals surface area contributed by atoms with Crippen molar-refractivity contribution in [1.29, 1.82) is 0 Å². The van der Waals surface area contributed by atoms with Gasteiger partial charge in [-0.15, -0.1) is 0 Å². The predicted octanol–water partition coefficient (Wildman–Crippen LogP) is 2.29. The van der Waals surface area contributed by atoms with Crippen LogP contribution in [-0.2, 0) is 4.74 Å². The normalized spacial score (nSPS) is 22.8. The molecule has 1 atom stereocenters. The molecule has 1 aromatic carbocycles. The number of methoxy groups -OCH3 is 1. The van der Waals surface area contributed by atoms with Crippen LogP contribution < -0.4 is 4.90 Å². The Bertz CT molecular complexity index is 529. The third-order valence-corrected chi connectivity index (χ3v) is 4.54. The number of halogens is 1. The number of hydrogen-bond acceptors (Lipinski definition) is 4. The second kappa shape index (κ2) is 6.02. The number of nitrogens with zero attached hydrogens (tertiary/aromatic N) is 2. The zero-order valence-electron chi connectivity index (χ0n) is 12.3. The molecule has 2 aliphatic rings. The van der Waals surface area contributed by atoms with Gasteiger partial charge in [0.15, 0.2) is 0 Å². The summed E-state index contributed by atoms with van der Waals surface area (Å²) in [5.74, 6) is -1.14. The average molecular weight is 292 g/mol. The predicted molar refractivity (Wildman–Crippen MR) is 79.2 cm³/mol. The van der Waals surface area contributed by atoms with Crippen LogP contribution in [0.3, 0.4) is 0 Å². The van der Waals surface area contributed by atoms with Gasteiger partial charge in [-0.05, 0) is 50.6 Å². The van der Waals surface area contributed by atoms with E-state index in [9.17, 15) is 9.18 Å². The van der Waals surface area contributed by atoms with Crippen LogP contribution in [0.1, 0.15) is 29.6 Å². The molecular formula is C16H21FN2O2. The first-order valence-electron chi connectivity index (χ1n) is 7.56. The fraction of sp³-hybridized carbons (Fsp3) is 0.562. The van der Waals surface area contributed by atoms with E-state index in [1.54, 1.807) is 0 Å². The molecule has 3 rings (SSSR count). The molecule has 4 nitrogen and oxygen atoms in total. The molecule has 2 aliphatic heterocycles. The minimum atomic E-state index is -0.629. The van der Waals surface area contributed by atoms with Gasteiger partial charge in [-0.25, -0.2) is 9.18 Å². The number of esters is 1. The highest BCUT2D eigenvalue weighted by Gasteiger charge is 2.29. The molecule has 21 heavy (non-hydrogen) atoms. The van der Waals surface area contributed by atoms with Crippen LogP contribution in [0.2, 0.25) is 0 Å². The van der Waals surface area contributed by atoms with Gasteiger partial charge in [0.25, 0.3) is 0 Å². The molecule has 0 amide bonds. The number of benzene rings is 1. The Kier molecular flexibility index (Phi) is 4.10. The third-order valence-electron chi connectivity index (χ3n) is 4.54. The van der Waals surface area contributed by atoms with E-state index in [0.29, 0.717) is 6.04 Å². The summed E-state index contributed by atoms with van der Waals surface area (Å²) in [7, 11) is 1.26. The van der Waals surface area contributed by atoms with Crippen molar-refractivity contribution in [2.24, 2.45) is 0 Å². The lowest BCUT2D eigenvalue weighted by atomic mass is 10.2. The molecule has 0 spiro atoms. The van der Waals surface area contributed by atoms with E-state index in [1.165, 1.54) is 45.2 Å². The molecule has 0 aliphatic carbocycles. The molecule has 0 unspecified atom stereocenters. The summed E-state index contributed by atoms with van der Waals surface area (Å²) in [5.41, 5.74) is 0.846. The maximum Gasteiger partial charge on any atom is 0.340 e. The molecular weight excluding hydrogens is 271 g/mol. The summed E-state index contributed by atoms with van der Waals surface area (Å²) in [6.07, 6.45) is 3.71. The summed E-state index contributed by atoms with van der Waals surface area (Å²) in [4.78, 5) is 16.2.